The largest absolute Gasteiger partial charge is 0.140 e. The summed E-state index contributed by atoms with van der Waals surface area (Å²) in [6, 6.07) is 8.61. The first-order chi connectivity index (χ1) is 6.29. The van der Waals surface area contributed by atoms with Crippen molar-refractivity contribution < 1.29 is 0 Å². The third kappa shape index (κ3) is 1.84. The smallest absolute Gasteiger partial charge is 0.0356 e. The maximum absolute atomic E-state index is 3.74. The summed E-state index contributed by atoms with van der Waals surface area (Å²) in [4.78, 5) is 1.38. The quantitative estimate of drug-likeness (QED) is 0.696. The van der Waals surface area contributed by atoms with Gasteiger partial charge in [0.2, 0.25) is 0 Å². The van der Waals surface area contributed by atoms with Crippen molar-refractivity contribution in [2.45, 2.75) is 6.42 Å². The zero-order valence-electron chi connectivity index (χ0n) is 7.09. The molecule has 0 amide bonds. The van der Waals surface area contributed by atoms with Gasteiger partial charge in [0.25, 0.3) is 0 Å². The third-order valence-corrected chi connectivity index (χ3v) is 3.49. The lowest BCUT2D eigenvalue weighted by molar-refractivity contribution is 1.36. The van der Waals surface area contributed by atoms with E-state index >= 15 is 0 Å². The number of fused-ring (bicyclic) bond motifs is 1. The molecule has 0 nitrogen and oxygen atoms in total. The minimum absolute atomic E-state index is 0.969. The van der Waals surface area contributed by atoms with Crippen LogP contribution in [0.25, 0.3) is 10.1 Å². The van der Waals surface area contributed by atoms with E-state index in [1.807, 2.05) is 17.4 Å². The maximum Gasteiger partial charge on any atom is 0.0356 e. The lowest BCUT2D eigenvalue weighted by Crippen LogP contribution is -1.67. The summed E-state index contributed by atoms with van der Waals surface area (Å²) in [5.74, 6) is 0. The molecule has 0 aliphatic rings. The van der Waals surface area contributed by atoms with E-state index in [0.717, 1.165) is 10.9 Å². The maximum atomic E-state index is 3.74. The standard InChI is InChI=1S/C11H9BrS/c1-2-3-10-6-8-4-5-9(12)7-11(8)13-10/h2,4-7H,1,3H2. The van der Waals surface area contributed by atoms with Crippen molar-refractivity contribution in [2.75, 3.05) is 0 Å². The molecule has 2 heteroatoms. The van der Waals surface area contributed by atoms with Crippen molar-refractivity contribution in [3.63, 3.8) is 0 Å². The molecular formula is C11H9BrS. The summed E-state index contributed by atoms with van der Waals surface area (Å²) in [5.41, 5.74) is 0. The van der Waals surface area contributed by atoms with Crippen LogP contribution in [0, 0.1) is 0 Å². The normalized spacial score (nSPS) is 10.5. The van der Waals surface area contributed by atoms with Crippen LogP contribution in [0.5, 0.6) is 0 Å². The van der Waals surface area contributed by atoms with Crippen LogP contribution in [0.4, 0.5) is 0 Å². The number of allylic oxidation sites excluding steroid dienone is 1. The Labute approximate surface area is 90.0 Å². The Morgan fingerprint density at radius 2 is 2.23 bits per heavy atom. The highest BCUT2D eigenvalue weighted by Gasteiger charge is 2.00. The van der Waals surface area contributed by atoms with E-state index in [1.54, 1.807) is 0 Å². The van der Waals surface area contributed by atoms with E-state index in [0.29, 0.717) is 0 Å². The van der Waals surface area contributed by atoms with Gasteiger partial charge in [0, 0.05) is 14.0 Å². The Hall–Kier alpha value is -0.600. The Morgan fingerprint density at radius 1 is 1.38 bits per heavy atom. The second-order valence-corrected chi connectivity index (χ2v) is 4.97. The van der Waals surface area contributed by atoms with Crippen molar-refractivity contribution in [1.29, 1.82) is 0 Å². The molecule has 66 valence electrons. The number of rotatable bonds is 2. The molecule has 0 aliphatic heterocycles. The van der Waals surface area contributed by atoms with Crippen molar-refractivity contribution in [3.8, 4) is 0 Å². The molecule has 0 saturated heterocycles. The van der Waals surface area contributed by atoms with Gasteiger partial charge in [0.1, 0.15) is 0 Å². The molecule has 0 N–H and O–H groups in total. The number of benzene rings is 1. The van der Waals surface area contributed by atoms with Gasteiger partial charge in [0.05, 0.1) is 0 Å². The first-order valence-corrected chi connectivity index (χ1v) is 5.69. The van der Waals surface area contributed by atoms with Crippen molar-refractivity contribution >= 4 is 37.4 Å². The number of thiophene rings is 1. The number of hydrogen-bond acceptors (Lipinski definition) is 1. The summed E-state index contributed by atoms with van der Waals surface area (Å²) in [6.45, 7) is 3.74. The van der Waals surface area contributed by atoms with E-state index in [9.17, 15) is 0 Å². The molecule has 0 unspecified atom stereocenters. The van der Waals surface area contributed by atoms with Crippen molar-refractivity contribution in [1.82, 2.24) is 0 Å². The highest BCUT2D eigenvalue weighted by Crippen LogP contribution is 2.28. The summed E-state index contributed by atoms with van der Waals surface area (Å²) < 4.78 is 2.48. The van der Waals surface area contributed by atoms with Gasteiger partial charge in [-0.05, 0) is 30.0 Å². The van der Waals surface area contributed by atoms with Crippen molar-refractivity contribution in [3.05, 3.63) is 46.3 Å². The molecule has 0 bridgehead atoms. The fourth-order valence-corrected chi connectivity index (χ4v) is 2.92. The van der Waals surface area contributed by atoms with Gasteiger partial charge in [0.15, 0.2) is 0 Å². The second-order valence-electron chi connectivity index (χ2n) is 2.89. The van der Waals surface area contributed by atoms with Gasteiger partial charge in [-0.3, -0.25) is 0 Å². The third-order valence-electron chi connectivity index (χ3n) is 1.88. The van der Waals surface area contributed by atoms with Crippen molar-refractivity contribution in [2.24, 2.45) is 0 Å². The highest BCUT2D eigenvalue weighted by atomic mass is 79.9. The van der Waals surface area contributed by atoms with Crippen LogP contribution < -0.4 is 0 Å². The molecule has 1 aromatic heterocycles. The van der Waals surface area contributed by atoms with E-state index in [-0.39, 0.29) is 0 Å². The van der Waals surface area contributed by atoms with E-state index < -0.39 is 0 Å². The molecule has 0 radical (unpaired) electrons. The summed E-state index contributed by atoms with van der Waals surface area (Å²) in [7, 11) is 0. The first-order valence-electron chi connectivity index (χ1n) is 4.08. The van der Waals surface area contributed by atoms with Gasteiger partial charge >= 0.3 is 0 Å². The fourth-order valence-electron chi connectivity index (χ4n) is 1.30. The van der Waals surface area contributed by atoms with Crippen LogP contribution in [-0.2, 0) is 6.42 Å². The average molecular weight is 253 g/mol. The van der Waals surface area contributed by atoms with Crippen LogP contribution in [-0.4, -0.2) is 0 Å². The predicted octanol–water partition coefficient (Wildman–Crippen LogP) is 4.39. The van der Waals surface area contributed by atoms with E-state index in [1.165, 1.54) is 15.0 Å². The van der Waals surface area contributed by atoms with Gasteiger partial charge in [-0.15, -0.1) is 17.9 Å². The van der Waals surface area contributed by atoms with Gasteiger partial charge in [-0.1, -0.05) is 28.1 Å². The van der Waals surface area contributed by atoms with Crippen LogP contribution in [0.15, 0.2) is 41.4 Å². The lowest BCUT2D eigenvalue weighted by Gasteiger charge is -1.88. The summed E-state index contributed by atoms with van der Waals surface area (Å²) >= 11 is 5.30. The minimum Gasteiger partial charge on any atom is -0.140 e. The molecule has 1 heterocycles. The minimum atomic E-state index is 0.969. The molecule has 2 aromatic rings. The monoisotopic (exact) mass is 252 g/mol. The Morgan fingerprint density at radius 3 is 3.00 bits per heavy atom. The number of halogens is 1. The number of hydrogen-bond donors (Lipinski definition) is 0. The van der Waals surface area contributed by atoms with Crippen LogP contribution in [0.2, 0.25) is 0 Å². The SMILES string of the molecule is C=CCc1cc2ccc(Br)cc2s1. The van der Waals surface area contributed by atoms with Gasteiger partial charge in [-0.25, -0.2) is 0 Å². The average Bonchev–Trinajstić information content (AvgIpc) is 2.46. The Bertz CT molecular complexity index is 442. The van der Waals surface area contributed by atoms with E-state index in [2.05, 4.69) is 46.8 Å². The molecule has 0 saturated carbocycles. The predicted molar refractivity (Wildman–Crippen MR) is 63.4 cm³/mol. The summed E-state index contributed by atoms with van der Waals surface area (Å²) in [6.07, 6.45) is 2.91. The zero-order chi connectivity index (χ0) is 9.26. The topological polar surface area (TPSA) is 0 Å². The van der Waals surface area contributed by atoms with Crippen LogP contribution in [0.3, 0.4) is 0 Å². The molecule has 13 heavy (non-hydrogen) atoms. The van der Waals surface area contributed by atoms with Crippen LogP contribution in [0.1, 0.15) is 4.88 Å². The summed E-state index contributed by atoms with van der Waals surface area (Å²) in [5, 5.41) is 1.32. The highest BCUT2D eigenvalue weighted by molar-refractivity contribution is 9.10. The molecular weight excluding hydrogens is 244 g/mol. The van der Waals surface area contributed by atoms with Gasteiger partial charge < -0.3 is 0 Å². The fraction of sp³-hybridized carbons (Fsp3) is 0.0909. The second kappa shape index (κ2) is 3.64. The molecule has 0 fully saturated rings. The Kier molecular flexibility index (Phi) is 2.51. The van der Waals surface area contributed by atoms with Gasteiger partial charge in [-0.2, -0.15) is 0 Å². The Balaban J connectivity index is 2.55. The molecule has 2 rings (SSSR count). The lowest BCUT2D eigenvalue weighted by atomic mass is 10.2. The first kappa shape index (κ1) is 8.97. The zero-order valence-corrected chi connectivity index (χ0v) is 9.49. The molecule has 0 aliphatic carbocycles. The van der Waals surface area contributed by atoms with Crippen LogP contribution >= 0.6 is 27.3 Å². The molecule has 1 aromatic carbocycles. The molecule has 0 spiro atoms. The van der Waals surface area contributed by atoms with E-state index in [4.69, 9.17) is 0 Å². The molecule has 0 atom stereocenters.